The first kappa shape index (κ1) is 22.4. The van der Waals surface area contributed by atoms with Gasteiger partial charge < -0.3 is 4.74 Å². The lowest BCUT2D eigenvalue weighted by atomic mass is 9.73. The maximum absolute atomic E-state index is 9.45. The zero-order valence-corrected chi connectivity index (χ0v) is 18.8. The lowest BCUT2D eigenvalue weighted by Gasteiger charge is -2.31. The van der Waals surface area contributed by atoms with Crippen LogP contribution < -0.4 is 4.74 Å². The molecule has 1 aliphatic carbocycles. The molecule has 1 fully saturated rings. The smallest absolute Gasteiger partial charge is 0.119 e. The predicted octanol–water partition coefficient (Wildman–Crippen LogP) is 8.14. The van der Waals surface area contributed by atoms with Gasteiger partial charge in [0.1, 0.15) is 5.75 Å². The second-order valence-electron chi connectivity index (χ2n) is 8.84. The number of ether oxygens (including phenoxy) is 1. The van der Waals surface area contributed by atoms with Crippen molar-refractivity contribution >= 4 is 0 Å². The molecule has 2 nitrogen and oxygen atoms in total. The van der Waals surface area contributed by atoms with Gasteiger partial charge in [-0.25, -0.2) is 0 Å². The SMILES string of the molecule is CCCCCOc1ccc(-c2ccc(C3CCC(C(C#N)CCC)CC3)cc2)cc1. The van der Waals surface area contributed by atoms with Crippen molar-refractivity contribution in [1.29, 1.82) is 5.26 Å². The summed E-state index contributed by atoms with van der Waals surface area (Å²) in [7, 11) is 0. The van der Waals surface area contributed by atoms with Crippen LogP contribution in [-0.2, 0) is 0 Å². The molecule has 1 unspecified atom stereocenters. The molecule has 2 aromatic rings. The number of nitriles is 1. The van der Waals surface area contributed by atoms with Gasteiger partial charge in [0.05, 0.1) is 12.7 Å². The van der Waals surface area contributed by atoms with Crippen molar-refractivity contribution < 1.29 is 4.74 Å². The molecule has 0 bridgehead atoms. The number of unbranched alkanes of at least 4 members (excludes halogenated alkanes) is 2. The third kappa shape index (κ3) is 6.11. The molecular weight excluding hydrogens is 366 g/mol. The summed E-state index contributed by atoms with van der Waals surface area (Å²) in [4.78, 5) is 0. The van der Waals surface area contributed by atoms with Crippen LogP contribution in [0.2, 0.25) is 0 Å². The minimum atomic E-state index is 0.261. The van der Waals surface area contributed by atoms with Gasteiger partial charge in [0.25, 0.3) is 0 Å². The molecule has 3 rings (SSSR count). The van der Waals surface area contributed by atoms with Crippen LogP contribution in [0.25, 0.3) is 11.1 Å². The van der Waals surface area contributed by atoms with Gasteiger partial charge in [0.15, 0.2) is 0 Å². The van der Waals surface area contributed by atoms with Gasteiger partial charge in [-0.1, -0.05) is 69.5 Å². The van der Waals surface area contributed by atoms with Crippen molar-refractivity contribution in [2.75, 3.05) is 6.61 Å². The Kier molecular flexibility index (Phi) is 8.81. The fourth-order valence-corrected chi connectivity index (χ4v) is 4.80. The minimum Gasteiger partial charge on any atom is -0.494 e. The quantitative estimate of drug-likeness (QED) is 0.375. The molecule has 0 spiro atoms. The number of nitrogens with zero attached hydrogens (tertiary/aromatic N) is 1. The number of hydrogen-bond donors (Lipinski definition) is 0. The number of benzene rings is 2. The largest absolute Gasteiger partial charge is 0.494 e. The molecule has 0 heterocycles. The Bertz CT molecular complexity index is 779. The highest BCUT2D eigenvalue weighted by atomic mass is 16.5. The monoisotopic (exact) mass is 403 g/mol. The van der Waals surface area contributed by atoms with Crippen molar-refractivity contribution in [3.63, 3.8) is 0 Å². The van der Waals surface area contributed by atoms with Gasteiger partial charge in [0, 0.05) is 5.92 Å². The third-order valence-corrected chi connectivity index (χ3v) is 6.69. The highest BCUT2D eigenvalue weighted by Gasteiger charge is 2.27. The van der Waals surface area contributed by atoms with E-state index in [1.807, 2.05) is 0 Å². The van der Waals surface area contributed by atoms with Crippen LogP contribution >= 0.6 is 0 Å². The van der Waals surface area contributed by atoms with Crippen LogP contribution in [0.1, 0.15) is 83.1 Å². The van der Waals surface area contributed by atoms with E-state index < -0.39 is 0 Å². The molecule has 0 aliphatic heterocycles. The van der Waals surface area contributed by atoms with Crippen molar-refractivity contribution in [2.24, 2.45) is 11.8 Å². The van der Waals surface area contributed by atoms with Crippen LogP contribution in [0.5, 0.6) is 5.75 Å². The minimum absolute atomic E-state index is 0.261. The Balaban J connectivity index is 1.53. The Morgan fingerprint density at radius 1 is 0.867 bits per heavy atom. The highest BCUT2D eigenvalue weighted by molar-refractivity contribution is 5.64. The van der Waals surface area contributed by atoms with Crippen molar-refractivity contribution in [3.05, 3.63) is 54.1 Å². The lowest BCUT2D eigenvalue weighted by Crippen LogP contribution is -2.20. The Labute approximate surface area is 183 Å². The Morgan fingerprint density at radius 2 is 1.50 bits per heavy atom. The fraction of sp³-hybridized carbons (Fsp3) is 0.536. The topological polar surface area (TPSA) is 33.0 Å². The molecule has 2 heteroatoms. The Morgan fingerprint density at radius 3 is 2.07 bits per heavy atom. The number of rotatable bonds is 10. The van der Waals surface area contributed by atoms with Crippen LogP contribution in [0.4, 0.5) is 0 Å². The summed E-state index contributed by atoms with van der Waals surface area (Å²) >= 11 is 0. The molecule has 160 valence electrons. The van der Waals surface area contributed by atoms with E-state index in [2.05, 4.69) is 68.4 Å². The van der Waals surface area contributed by atoms with Gasteiger partial charge in [-0.3, -0.25) is 0 Å². The van der Waals surface area contributed by atoms with Gasteiger partial charge in [-0.05, 0) is 79.2 Å². The average Bonchev–Trinajstić information content (AvgIpc) is 2.81. The van der Waals surface area contributed by atoms with E-state index in [0.29, 0.717) is 11.8 Å². The van der Waals surface area contributed by atoms with Gasteiger partial charge in [0.2, 0.25) is 0 Å². The first-order chi connectivity index (χ1) is 14.7. The summed E-state index contributed by atoms with van der Waals surface area (Å²) in [5.41, 5.74) is 3.96. The molecule has 2 aromatic carbocycles. The van der Waals surface area contributed by atoms with E-state index in [4.69, 9.17) is 4.74 Å². The zero-order chi connectivity index (χ0) is 21.2. The molecular formula is C28H37NO. The number of hydrogen-bond acceptors (Lipinski definition) is 2. The molecule has 1 atom stereocenters. The standard InChI is InChI=1S/C28H37NO/c1-3-5-6-20-30-28-18-16-25(17-19-28)24-10-8-22(9-11-24)23-12-14-26(15-13-23)27(21-29)7-4-2/h8-11,16-19,23,26-27H,3-7,12-15,20H2,1-2H3. The summed E-state index contributed by atoms with van der Waals surface area (Å²) in [6, 6.07) is 20.2. The van der Waals surface area contributed by atoms with E-state index >= 15 is 0 Å². The molecule has 30 heavy (non-hydrogen) atoms. The lowest BCUT2D eigenvalue weighted by molar-refractivity contribution is 0.259. The van der Waals surface area contributed by atoms with E-state index in [-0.39, 0.29) is 5.92 Å². The van der Waals surface area contributed by atoms with E-state index in [0.717, 1.165) is 31.6 Å². The van der Waals surface area contributed by atoms with E-state index in [9.17, 15) is 5.26 Å². The molecule has 0 aromatic heterocycles. The summed E-state index contributed by atoms with van der Waals surface area (Å²) in [5.74, 6) is 2.47. The fourth-order valence-electron chi connectivity index (χ4n) is 4.80. The molecule has 1 saturated carbocycles. The average molecular weight is 404 g/mol. The van der Waals surface area contributed by atoms with Crippen molar-refractivity contribution in [1.82, 2.24) is 0 Å². The summed E-state index contributed by atoms with van der Waals surface area (Å²) in [6.07, 6.45) is 10.6. The maximum atomic E-state index is 9.45. The maximum Gasteiger partial charge on any atom is 0.119 e. The molecule has 0 amide bonds. The normalized spacial score (nSPS) is 19.8. The van der Waals surface area contributed by atoms with Crippen LogP contribution in [-0.4, -0.2) is 6.61 Å². The zero-order valence-electron chi connectivity index (χ0n) is 18.8. The third-order valence-electron chi connectivity index (χ3n) is 6.69. The van der Waals surface area contributed by atoms with E-state index in [1.54, 1.807) is 0 Å². The van der Waals surface area contributed by atoms with Gasteiger partial charge >= 0.3 is 0 Å². The molecule has 1 aliphatic rings. The molecule has 0 radical (unpaired) electrons. The summed E-state index contributed by atoms with van der Waals surface area (Å²) < 4.78 is 5.83. The molecule has 0 saturated heterocycles. The predicted molar refractivity (Wildman–Crippen MR) is 126 cm³/mol. The van der Waals surface area contributed by atoms with Crippen molar-refractivity contribution in [3.8, 4) is 22.9 Å². The first-order valence-corrected chi connectivity index (χ1v) is 12.0. The van der Waals surface area contributed by atoms with Crippen LogP contribution in [0.3, 0.4) is 0 Å². The Hall–Kier alpha value is -2.27. The van der Waals surface area contributed by atoms with Gasteiger partial charge in [-0.15, -0.1) is 0 Å². The van der Waals surface area contributed by atoms with Gasteiger partial charge in [-0.2, -0.15) is 5.26 Å². The second-order valence-corrected chi connectivity index (χ2v) is 8.84. The van der Waals surface area contributed by atoms with Crippen LogP contribution in [0, 0.1) is 23.2 Å². The first-order valence-electron chi connectivity index (χ1n) is 12.0. The van der Waals surface area contributed by atoms with Crippen LogP contribution in [0.15, 0.2) is 48.5 Å². The van der Waals surface area contributed by atoms with Crippen molar-refractivity contribution in [2.45, 2.75) is 77.6 Å². The molecule has 0 N–H and O–H groups in total. The summed E-state index contributed by atoms with van der Waals surface area (Å²) in [6.45, 7) is 5.20. The van der Waals surface area contributed by atoms with E-state index in [1.165, 1.54) is 55.2 Å². The highest BCUT2D eigenvalue weighted by Crippen LogP contribution is 2.40. The summed E-state index contributed by atoms with van der Waals surface area (Å²) in [5, 5.41) is 9.45. The second kappa shape index (κ2) is 11.8.